The standard InChI is InChI=1S/C21H20FNO3/c1-2-10-25-19-13-16(14-20-18(19)8-11-26-20)21(24)23-9-4-6-15-5-3-7-17(22)12-15/h2-3,5,7-8,11-14H,1,4,6,9-10H2,(H,23,24). The largest absolute Gasteiger partial charge is 0.489 e. The summed E-state index contributed by atoms with van der Waals surface area (Å²) in [4.78, 5) is 12.4. The van der Waals surface area contributed by atoms with Gasteiger partial charge in [-0.25, -0.2) is 4.39 Å². The van der Waals surface area contributed by atoms with Gasteiger partial charge < -0.3 is 14.5 Å². The predicted octanol–water partition coefficient (Wildman–Crippen LogP) is 4.50. The lowest BCUT2D eigenvalue weighted by Crippen LogP contribution is -2.24. The molecule has 0 aliphatic carbocycles. The molecule has 0 unspecified atom stereocenters. The summed E-state index contributed by atoms with van der Waals surface area (Å²) in [5.41, 5.74) is 1.98. The first kappa shape index (κ1) is 17.7. The van der Waals surface area contributed by atoms with Crippen molar-refractivity contribution >= 4 is 16.9 Å². The second kappa shape index (κ2) is 8.34. The number of carbonyl (C=O) groups is 1. The molecule has 26 heavy (non-hydrogen) atoms. The number of nitrogens with one attached hydrogen (secondary N) is 1. The monoisotopic (exact) mass is 353 g/mol. The van der Waals surface area contributed by atoms with E-state index in [0.717, 1.165) is 17.4 Å². The summed E-state index contributed by atoms with van der Waals surface area (Å²) in [6.45, 7) is 4.47. The van der Waals surface area contributed by atoms with Crippen molar-refractivity contribution in [1.29, 1.82) is 0 Å². The van der Waals surface area contributed by atoms with Crippen LogP contribution in [0.2, 0.25) is 0 Å². The average molecular weight is 353 g/mol. The molecule has 0 atom stereocenters. The number of hydrogen-bond acceptors (Lipinski definition) is 3. The molecule has 1 amide bonds. The van der Waals surface area contributed by atoms with Crippen LogP contribution in [0.3, 0.4) is 0 Å². The Morgan fingerprint density at radius 2 is 2.15 bits per heavy atom. The number of amides is 1. The van der Waals surface area contributed by atoms with Crippen LogP contribution in [0.25, 0.3) is 11.0 Å². The van der Waals surface area contributed by atoms with E-state index < -0.39 is 0 Å². The number of hydrogen-bond donors (Lipinski definition) is 1. The van der Waals surface area contributed by atoms with Crippen molar-refractivity contribution in [3.63, 3.8) is 0 Å². The molecule has 0 aliphatic heterocycles. The van der Waals surface area contributed by atoms with Crippen molar-refractivity contribution in [2.24, 2.45) is 0 Å². The Kier molecular flexibility index (Phi) is 5.69. The van der Waals surface area contributed by atoms with Crippen LogP contribution in [0, 0.1) is 5.82 Å². The molecular weight excluding hydrogens is 333 g/mol. The maximum atomic E-state index is 13.2. The number of fused-ring (bicyclic) bond motifs is 1. The van der Waals surface area contributed by atoms with Gasteiger partial charge in [0.25, 0.3) is 5.91 Å². The van der Waals surface area contributed by atoms with Gasteiger partial charge in [0.15, 0.2) is 0 Å². The number of benzene rings is 2. The van der Waals surface area contributed by atoms with Gasteiger partial charge in [-0.3, -0.25) is 4.79 Å². The Balaban J connectivity index is 1.61. The van der Waals surface area contributed by atoms with Crippen LogP contribution in [0.5, 0.6) is 5.75 Å². The van der Waals surface area contributed by atoms with Gasteiger partial charge in [0, 0.05) is 12.1 Å². The van der Waals surface area contributed by atoms with Gasteiger partial charge in [-0.05, 0) is 48.7 Å². The van der Waals surface area contributed by atoms with Gasteiger partial charge in [-0.1, -0.05) is 24.8 Å². The summed E-state index contributed by atoms with van der Waals surface area (Å²) < 4.78 is 24.2. The summed E-state index contributed by atoms with van der Waals surface area (Å²) in [6.07, 6.45) is 4.62. The third-order valence-electron chi connectivity index (χ3n) is 3.97. The molecule has 134 valence electrons. The minimum absolute atomic E-state index is 0.203. The summed E-state index contributed by atoms with van der Waals surface area (Å²) >= 11 is 0. The molecule has 3 aromatic rings. The van der Waals surface area contributed by atoms with Crippen LogP contribution in [-0.2, 0) is 6.42 Å². The number of furan rings is 1. The first-order chi connectivity index (χ1) is 12.7. The van der Waals surface area contributed by atoms with Crippen molar-refractivity contribution < 1.29 is 18.3 Å². The third-order valence-corrected chi connectivity index (χ3v) is 3.97. The van der Waals surface area contributed by atoms with Crippen LogP contribution in [0.1, 0.15) is 22.3 Å². The molecule has 1 N–H and O–H groups in total. The highest BCUT2D eigenvalue weighted by Gasteiger charge is 2.12. The first-order valence-electron chi connectivity index (χ1n) is 8.45. The van der Waals surface area contributed by atoms with E-state index in [-0.39, 0.29) is 11.7 Å². The highest BCUT2D eigenvalue weighted by atomic mass is 19.1. The molecule has 3 rings (SSSR count). The number of ether oxygens (including phenoxy) is 1. The molecule has 0 fully saturated rings. The molecule has 0 radical (unpaired) electrons. The normalized spacial score (nSPS) is 10.7. The smallest absolute Gasteiger partial charge is 0.251 e. The third kappa shape index (κ3) is 4.30. The van der Waals surface area contributed by atoms with E-state index in [0.29, 0.717) is 36.5 Å². The zero-order chi connectivity index (χ0) is 18.4. The molecule has 4 nitrogen and oxygen atoms in total. The topological polar surface area (TPSA) is 51.5 Å². The molecule has 0 saturated heterocycles. The van der Waals surface area contributed by atoms with Gasteiger partial charge in [-0.15, -0.1) is 0 Å². The van der Waals surface area contributed by atoms with Crippen LogP contribution >= 0.6 is 0 Å². The molecule has 0 aliphatic rings. The lowest BCUT2D eigenvalue weighted by molar-refractivity contribution is 0.0953. The Hall–Kier alpha value is -3.08. The Labute approximate surface area is 151 Å². The SMILES string of the molecule is C=CCOc1cc(C(=O)NCCCc2cccc(F)c2)cc2occc12. The van der Waals surface area contributed by atoms with Crippen molar-refractivity contribution in [3.8, 4) is 5.75 Å². The average Bonchev–Trinajstić information content (AvgIpc) is 3.12. The number of halogens is 1. The fraction of sp³-hybridized carbons (Fsp3) is 0.190. The fourth-order valence-corrected chi connectivity index (χ4v) is 2.73. The van der Waals surface area contributed by atoms with E-state index in [9.17, 15) is 9.18 Å². The lowest BCUT2D eigenvalue weighted by Gasteiger charge is -2.09. The molecule has 2 aromatic carbocycles. The molecule has 1 heterocycles. The molecule has 5 heteroatoms. The second-order valence-corrected chi connectivity index (χ2v) is 5.90. The van der Waals surface area contributed by atoms with E-state index in [1.165, 1.54) is 12.1 Å². The van der Waals surface area contributed by atoms with Crippen molar-refractivity contribution in [2.45, 2.75) is 12.8 Å². The molecule has 0 spiro atoms. The van der Waals surface area contributed by atoms with E-state index in [1.807, 2.05) is 6.07 Å². The molecule has 1 aromatic heterocycles. The van der Waals surface area contributed by atoms with Gasteiger partial charge in [0.1, 0.15) is 23.8 Å². The zero-order valence-corrected chi connectivity index (χ0v) is 14.3. The maximum absolute atomic E-state index is 13.2. The van der Waals surface area contributed by atoms with E-state index in [2.05, 4.69) is 11.9 Å². The van der Waals surface area contributed by atoms with Gasteiger partial charge in [-0.2, -0.15) is 0 Å². The fourth-order valence-electron chi connectivity index (χ4n) is 2.73. The van der Waals surface area contributed by atoms with Crippen molar-refractivity contribution in [1.82, 2.24) is 5.32 Å². The lowest BCUT2D eigenvalue weighted by atomic mass is 10.1. The van der Waals surface area contributed by atoms with E-state index >= 15 is 0 Å². The quantitative estimate of drug-likeness (QED) is 0.479. The Morgan fingerprint density at radius 3 is 2.96 bits per heavy atom. The van der Waals surface area contributed by atoms with Crippen LogP contribution < -0.4 is 10.1 Å². The molecular formula is C21H20FNO3. The summed E-state index contributed by atoms with van der Waals surface area (Å²) in [5.74, 6) is 0.136. The Bertz CT molecular complexity index is 917. The van der Waals surface area contributed by atoms with Crippen molar-refractivity contribution in [2.75, 3.05) is 13.2 Å². The number of carbonyl (C=O) groups excluding carboxylic acids is 1. The van der Waals surface area contributed by atoms with E-state index in [1.54, 1.807) is 36.6 Å². The minimum atomic E-state index is -0.245. The van der Waals surface area contributed by atoms with E-state index in [4.69, 9.17) is 9.15 Å². The van der Waals surface area contributed by atoms with Crippen LogP contribution in [-0.4, -0.2) is 19.1 Å². The van der Waals surface area contributed by atoms with Crippen LogP contribution in [0.4, 0.5) is 4.39 Å². The Morgan fingerprint density at radius 1 is 1.27 bits per heavy atom. The number of rotatable bonds is 8. The predicted molar refractivity (Wildman–Crippen MR) is 99.0 cm³/mol. The van der Waals surface area contributed by atoms with Crippen molar-refractivity contribution in [3.05, 3.63) is 78.3 Å². The maximum Gasteiger partial charge on any atom is 0.251 e. The minimum Gasteiger partial charge on any atom is -0.489 e. The van der Waals surface area contributed by atoms with Gasteiger partial charge in [0.05, 0.1) is 11.6 Å². The molecule has 0 bridgehead atoms. The van der Waals surface area contributed by atoms with Crippen LogP contribution in [0.15, 0.2) is 65.8 Å². The summed E-state index contributed by atoms with van der Waals surface area (Å²) in [7, 11) is 0. The van der Waals surface area contributed by atoms with Gasteiger partial charge >= 0.3 is 0 Å². The molecule has 0 saturated carbocycles. The first-order valence-corrected chi connectivity index (χ1v) is 8.45. The highest BCUT2D eigenvalue weighted by molar-refractivity contribution is 5.99. The second-order valence-electron chi connectivity index (χ2n) is 5.90. The zero-order valence-electron chi connectivity index (χ0n) is 14.3. The van der Waals surface area contributed by atoms with Gasteiger partial charge in [0.2, 0.25) is 0 Å². The highest BCUT2D eigenvalue weighted by Crippen LogP contribution is 2.28. The summed E-state index contributed by atoms with van der Waals surface area (Å²) in [5, 5.41) is 3.69. The number of aryl methyl sites for hydroxylation is 1. The summed E-state index contributed by atoms with van der Waals surface area (Å²) in [6, 6.07) is 11.7.